The van der Waals surface area contributed by atoms with E-state index >= 15 is 0 Å². The quantitative estimate of drug-likeness (QED) is 0.574. The summed E-state index contributed by atoms with van der Waals surface area (Å²) in [6, 6.07) is 1.28. The fourth-order valence-corrected chi connectivity index (χ4v) is 6.02. The van der Waals surface area contributed by atoms with Gasteiger partial charge in [0, 0.05) is 11.6 Å². The zero-order valence-electron chi connectivity index (χ0n) is 11.3. The summed E-state index contributed by atoms with van der Waals surface area (Å²) in [4.78, 5) is 0. The third kappa shape index (κ3) is 2.67. The molecule has 1 heterocycles. The molecule has 1 aliphatic heterocycles. The maximum atomic E-state index is 6.56. The summed E-state index contributed by atoms with van der Waals surface area (Å²) < 4.78 is 6.06. The molecule has 1 saturated heterocycles. The average Bonchev–Trinajstić information content (AvgIpc) is 2.30. The average molecular weight is 244 g/mol. The highest BCUT2D eigenvalue weighted by Gasteiger charge is 2.47. The standard InChI is InChI=1S/C12H28N2OSi/c1-5-12(13,14-6-2)11(3,4)16-10-8-7-9-15-16/h14,16H,5-10,13H2,1-4H3. The van der Waals surface area contributed by atoms with Crippen LogP contribution in [0.5, 0.6) is 0 Å². The number of hydrogen-bond acceptors (Lipinski definition) is 3. The lowest BCUT2D eigenvalue weighted by Crippen LogP contribution is -2.64. The summed E-state index contributed by atoms with van der Waals surface area (Å²) in [5, 5.41) is 3.59. The second kappa shape index (κ2) is 5.62. The van der Waals surface area contributed by atoms with Crippen LogP contribution in [-0.4, -0.2) is 27.9 Å². The Morgan fingerprint density at radius 2 is 2.00 bits per heavy atom. The molecule has 1 fully saturated rings. The van der Waals surface area contributed by atoms with Gasteiger partial charge in [0.2, 0.25) is 0 Å². The molecule has 2 atom stereocenters. The number of nitrogens with two attached hydrogens (primary N) is 1. The monoisotopic (exact) mass is 244 g/mol. The minimum atomic E-state index is -1.20. The van der Waals surface area contributed by atoms with E-state index in [0.29, 0.717) is 0 Å². The summed E-state index contributed by atoms with van der Waals surface area (Å²) in [5.41, 5.74) is 6.29. The molecule has 4 heteroatoms. The van der Waals surface area contributed by atoms with E-state index < -0.39 is 9.04 Å². The van der Waals surface area contributed by atoms with E-state index in [1.165, 1.54) is 18.9 Å². The van der Waals surface area contributed by atoms with Gasteiger partial charge in [0.1, 0.15) is 0 Å². The molecular weight excluding hydrogens is 216 g/mol. The molecule has 0 spiro atoms. The van der Waals surface area contributed by atoms with Crippen LogP contribution >= 0.6 is 0 Å². The highest BCUT2D eigenvalue weighted by atomic mass is 28.3. The SMILES string of the molecule is CCNC(N)(CC)C(C)(C)[SiH]1CCCCO1. The van der Waals surface area contributed by atoms with Crippen molar-refractivity contribution in [3.8, 4) is 0 Å². The van der Waals surface area contributed by atoms with Crippen molar-refractivity contribution in [1.82, 2.24) is 5.32 Å². The summed E-state index contributed by atoms with van der Waals surface area (Å²) in [6.07, 6.45) is 3.51. The molecule has 3 N–H and O–H groups in total. The Morgan fingerprint density at radius 3 is 2.44 bits per heavy atom. The Bertz CT molecular complexity index is 217. The van der Waals surface area contributed by atoms with Gasteiger partial charge in [-0.25, -0.2) is 0 Å². The third-order valence-corrected chi connectivity index (χ3v) is 7.88. The maximum Gasteiger partial charge on any atom is 0.185 e. The van der Waals surface area contributed by atoms with Crippen LogP contribution in [0, 0.1) is 0 Å². The first-order chi connectivity index (χ1) is 7.48. The number of hydrogen-bond donors (Lipinski definition) is 2. The summed E-state index contributed by atoms with van der Waals surface area (Å²) in [6.45, 7) is 10.8. The number of nitrogens with one attached hydrogen (secondary N) is 1. The smallest absolute Gasteiger partial charge is 0.185 e. The van der Waals surface area contributed by atoms with Crippen LogP contribution in [0.15, 0.2) is 0 Å². The highest BCUT2D eigenvalue weighted by molar-refractivity contribution is 6.56. The van der Waals surface area contributed by atoms with Gasteiger partial charge < -0.3 is 10.2 Å². The van der Waals surface area contributed by atoms with Crippen LogP contribution in [0.25, 0.3) is 0 Å². The largest absolute Gasteiger partial charge is 0.419 e. The Morgan fingerprint density at radius 1 is 1.31 bits per heavy atom. The highest BCUT2D eigenvalue weighted by Crippen LogP contribution is 2.43. The van der Waals surface area contributed by atoms with E-state index in [1.54, 1.807) is 0 Å². The van der Waals surface area contributed by atoms with E-state index in [0.717, 1.165) is 19.6 Å². The topological polar surface area (TPSA) is 47.3 Å². The van der Waals surface area contributed by atoms with Crippen molar-refractivity contribution in [2.24, 2.45) is 5.73 Å². The fourth-order valence-electron chi connectivity index (χ4n) is 2.72. The van der Waals surface area contributed by atoms with E-state index in [1.807, 2.05) is 0 Å². The van der Waals surface area contributed by atoms with Crippen LogP contribution in [0.3, 0.4) is 0 Å². The number of rotatable bonds is 5. The lowest BCUT2D eigenvalue weighted by atomic mass is 9.92. The van der Waals surface area contributed by atoms with Gasteiger partial charge in [-0.2, -0.15) is 0 Å². The van der Waals surface area contributed by atoms with E-state index in [9.17, 15) is 0 Å². The van der Waals surface area contributed by atoms with Crippen molar-refractivity contribution in [1.29, 1.82) is 0 Å². The predicted molar refractivity (Wildman–Crippen MR) is 72.1 cm³/mol. The predicted octanol–water partition coefficient (Wildman–Crippen LogP) is 1.98. The Hall–Kier alpha value is 0.0969. The van der Waals surface area contributed by atoms with E-state index in [-0.39, 0.29) is 10.7 Å². The molecule has 0 amide bonds. The van der Waals surface area contributed by atoms with Crippen LogP contribution < -0.4 is 11.1 Å². The van der Waals surface area contributed by atoms with Gasteiger partial charge in [0.05, 0.1) is 5.66 Å². The molecule has 0 aromatic rings. The Balaban J connectivity index is 2.78. The van der Waals surface area contributed by atoms with Crippen LogP contribution in [0.4, 0.5) is 0 Å². The molecule has 0 bridgehead atoms. The third-order valence-electron chi connectivity index (χ3n) is 4.18. The molecule has 3 nitrogen and oxygen atoms in total. The molecule has 16 heavy (non-hydrogen) atoms. The van der Waals surface area contributed by atoms with E-state index in [2.05, 4.69) is 33.0 Å². The van der Waals surface area contributed by atoms with Gasteiger partial charge in [-0.15, -0.1) is 0 Å². The zero-order valence-corrected chi connectivity index (χ0v) is 12.5. The molecular formula is C12H28N2OSi. The van der Waals surface area contributed by atoms with Gasteiger partial charge >= 0.3 is 0 Å². The maximum absolute atomic E-state index is 6.56. The molecule has 0 aliphatic carbocycles. The van der Waals surface area contributed by atoms with Crippen LogP contribution in [0.2, 0.25) is 11.1 Å². The molecule has 96 valence electrons. The molecule has 0 aromatic heterocycles. The molecule has 1 rings (SSSR count). The Kier molecular flexibility index (Phi) is 4.98. The van der Waals surface area contributed by atoms with Crippen molar-refractivity contribution in [3.05, 3.63) is 0 Å². The van der Waals surface area contributed by atoms with Crippen molar-refractivity contribution in [2.45, 2.75) is 63.7 Å². The molecule has 0 radical (unpaired) electrons. The summed E-state index contributed by atoms with van der Waals surface area (Å²) in [5.74, 6) is 0. The minimum Gasteiger partial charge on any atom is -0.419 e. The van der Waals surface area contributed by atoms with Gasteiger partial charge in [0.25, 0.3) is 0 Å². The normalized spacial score (nSPS) is 26.4. The zero-order chi connectivity index (χ0) is 12.2. The molecule has 1 aliphatic rings. The summed E-state index contributed by atoms with van der Waals surface area (Å²) >= 11 is 0. The first-order valence-corrected chi connectivity index (χ1v) is 8.50. The van der Waals surface area contributed by atoms with Crippen molar-refractivity contribution in [2.75, 3.05) is 13.2 Å². The molecule has 0 saturated carbocycles. The molecule has 2 unspecified atom stereocenters. The first-order valence-electron chi connectivity index (χ1n) is 6.63. The van der Waals surface area contributed by atoms with Gasteiger partial charge in [0.15, 0.2) is 9.04 Å². The molecule has 0 aromatic carbocycles. The lowest BCUT2D eigenvalue weighted by molar-refractivity contribution is 0.196. The van der Waals surface area contributed by atoms with Crippen molar-refractivity contribution < 1.29 is 4.43 Å². The van der Waals surface area contributed by atoms with Crippen molar-refractivity contribution in [3.63, 3.8) is 0 Å². The second-order valence-electron chi connectivity index (χ2n) is 5.43. The first kappa shape index (κ1) is 14.2. The minimum absolute atomic E-state index is 0.109. The van der Waals surface area contributed by atoms with Gasteiger partial charge in [-0.3, -0.25) is 5.32 Å². The van der Waals surface area contributed by atoms with Gasteiger partial charge in [-0.1, -0.05) is 34.1 Å². The second-order valence-corrected chi connectivity index (χ2v) is 8.76. The Labute approximate surface area is 102 Å². The van der Waals surface area contributed by atoms with Crippen molar-refractivity contribution >= 4 is 9.04 Å². The lowest BCUT2D eigenvalue weighted by Gasteiger charge is -2.48. The fraction of sp³-hybridized carbons (Fsp3) is 1.00. The van der Waals surface area contributed by atoms with E-state index in [4.69, 9.17) is 10.2 Å². The van der Waals surface area contributed by atoms with Crippen LogP contribution in [-0.2, 0) is 4.43 Å². The van der Waals surface area contributed by atoms with Gasteiger partial charge in [-0.05, 0) is 25.4 Å². The van der Waals surface area contributed by atoms with Crippen LogP contribution in [0.1, 0.15) is 47.0 Å². The summed E-state index contributed by atoms with van der Waals surface area (Å²) in [7, 11) is -1.20.